The van der Waals surface area contributed by atoms with Crippen molar-refractivity contribution >= 4 is 10.8 Å². The minimum absolute atomic E-state index is 0.680. The number of hydrogen-bond donors (Lipinski definition) is 0. The zero-order chi connectivity index (χ0) is 20.4. The van der Waals surface area contributed by atoms with Gasteiger partial charge < -0.3 is 14.2 Å². The van der Waals surface area contributed by atoms with Gasteiger partial charge in [-0.3, -0.25) is 0 Å². The number of rotatable bonds is 5. The lowest BCUT2D eigenvalue weighted by Gasteiger charge is -2.13. The highest BCUT2D eigenvalue weighted by molar-refractivity contribution is 5.97. The predicted molar refractivity (Wildman–Crippen MR) is 117 cm³/mol. The fourth-order valence-electron chi connectivity index (χ4n) is 3.51. The first-order valence-electron chi connectivity index (χ1n) is 9.41. The Labute approximate surface area is 170 Å². The maximum absolute atomic E-state index is 5.48. The first-order chi connectivity index (χ1) is 14.1. The second-order valence-electron chi connectivity index (χ2n) is 6.88. The molecule has 0 saturated carbocycles. The molecule has 29 heavy (non-hydrogen) atoms. The zero-order valence-electron chi connectivity index (χ0n) is 17.0. The summed E-state index contributed by atoms with van der Waals surface area (Å²) in [7, 11) is 4.95. The van der Waals surface area contributed by atoms with Gasteiger partial charge in [0.05, 0.1) is 32.7 Å². The molecule has 0 aliphatic heterocycles. The highest BCUT2D eigenvalue weighted by atomic mass is 16.5. The fraction of sp³-hybridized carbons (Fsp3) is 0.160. The van der Waals surface area contributed by atoms with Gasteiger partial charge in [0.1, 0.15) is 5.75 Å². The molecule has 0 N–H and O–H groups in total. The molecule has 0 radical (unpaired) electrons. The average molecular weight is 385 g/mol. The molecule has 0 amide bonds. The van der Waals surface area contributed by atoms with Crippen LogP contribution in [0.5, 0.6) is 17.2 Å². The standard InChI is InChI=1S/C25H23NO3/c1-16-8-10-21-19(12-16)14-22(17-9-11-23(28-3)24(15-17)29-4)26-25(21)18-6-5-7-20(13-18)27-2/h5-15H,1-4H3. The number of nitrogens with zero attached hydrogens (tertiary/aromatic N) is 1. The van der Waals surface area contributed by atoms with Crippen LogP contribution in [0.25, 0.3) is 33.3 Å². The van der Waals surface area contributed by atoms with Crippen molar-refractivity contribution in [1.29, 1.82) is 0 Å². The number of benzene rings is 3. The molecule has 3 aromatic carbocycles. The van der Waals surface area contributed by atoms with Gasteiger partial charge in [-0.05, 0) is 48.7 Å². The van der Waals surface area contributed by atoms with E-state index in [4.69, 9.17) is 19.2 Å². The number of pyridine rings is 1. The van der Waals surface area contributed by atoms with Crippen LogP contribution in [0.1, 0.15) is 5.56 Å². The van der Waals surface area contributed by atoms with Crippen molar-refractivity contribution in [3.63, 3.8) is 0 Å². The van der Waals surface area contributed by atoms with Crippen molar-refractivity contribution in [2.24, 2.45) is 0 Å². The van der Waals surface area contributed by atoms with Crippen LogP contribution in [0, 0.1) is 6.92 Å². The molecule has 0 fully saturated rings. The molecule has 1 aromatic heterocycles. The van der Waals surface area contributed by atoms with Crippen molar-refractivity contribution in [2.75, 3.05) is 21.3 Å². The van der Waals surface area contributed by atoms with Crippen LogP contribution in [0.3, 0.4) is 0 Å². The number of aryl methyl sites for hydroxylation is 1. The number of fused-ring (bicyclic) bond motifs is 1. The minimum atomic E-state index is 0.680. The highest BCUT2D eigenvalue weighted by Crippen LogP contribution is 2.36. The van der Waals surface area contributed by atoms with E-state index < -0.39 is 0 Å². The summed E-state index contributed by atoms with van der Waals surface area (Å²) in [5, 5.41) is 2.25. The van der Waals surface area contributed by atoms with Gasteiger partial charge in [0.2, 0.25) is 0 Å². The minimum Gasteiger partial charge on any atom is -0.497 e. The molecule has 4 heteroatoms. The van der Waals surface area contributed by atoms with Gasteiger partial charge in [-0.25, -0.2) is 4.98 Å². The molecule has 0 spiro atoms. The average Bonchev–Trinajstić information content (AvgIpc) is 2.77. The molecule has 0 aliphatic rings. The maximum Gasteiger partial charge on any atom is 0.161 e. The number of aromatic nitrogens is 1. The summed E-state index contributed by atoms with van der Waals surface area (Å²) >= 11 is 0. The normalized spacial score (nSPS) is 10.8. The summed E-state index contributed by atoms with van der Waals surface area (Å²) in [6.07, 6.45) is 0. The molecule has 0 saturated heterocycles. The van der Waals surface area contributed by atoms with Gasteiger partial charge in [-0.2, -0.15) is 0 Å². The topological polar surface area (TPSA) is 40.6 Å². The van der Waals surface area contributed by atoms with Crippen molar-refractivity contribution in [3.05, 3.63) is 72.3 Å². The summed E-state index contributed by atoms with van der Waals surface area (Å²) in [6, 6.07) is 22.4. The van der Waals surface area contributed by atoms with Crippen LogP contribution < -0.4 is 14.2 Å². The molecule has 0 atom stereocenters. The monoisotopic (exact) mass is 385 g/mol. The van der Waals surface area contributed by atoms with Gasteiger partial charge in [-0.1, -0.05) is 35.9 Å². The zero-order valence-corrected chi connectivity index (χ0v) is 17.0. The van der Waals surface area contributed by atoms with E-state index in [-0.39, 0.29) is 0 Å². The number of methoxy groups -OCH3 is 3. The van der Waals surface area contributed by atoms with E-state index in [0.29, 0.717) is 11.5 Å². The van der Waals surface area contributed by atoms with Crippen molar-refractivity contribution in [1.82, 2.24) is 4.98 Å². The third kappa shape index (κ3) is 3.61. The van der Waals surface area contributed by atoms with Crippen molar-refractivity contribution in [2.45, 2.75) is 6.92 Å². The van der Waals surface area contributed by atoms with E-state index >= 15 is 0 Å². The quantitative estimate of drug-likeness (QED) is 0.429. The molecular formula is C25H23NO3. The third-order valence-corrected chi connectivity index (χ3v) is 5.01. The van der Waals surface area contributed by atoms with Crippen molar-refractivity contribution < 1.29 is 14.2 Å². The van der Waals surface area contributed by atoms with Gasteiger partial charge >= 0.3 is 0 Å². The highest BCUT2D eigenvalue weighted by Gasteiger charge is 2.13. The Kier molecular flexibility index (Phi) is 5.09. The van der Waals surface area contributed by atoms with Crippen LogP contribution in [0.4, 0.5) is 0 Å². The van der Waals surface area contributed by atoms with Crippen LogP contribution in [0.2, 0.25) is 0 Å². The van der Waals surface area contributed by atoms with Gasteiger partial charge in [0, 0.05) is 16.5 Å². The van der Waals surface area contributed by atoms with E-state index in [1.807, 2.05) is 36.4 Å². The second-order valence-corrected chi connectivity index (χ2v) is 6.88. The van der Waals surface area contributed by atoms with Gasteiger partial charge in [0.25, 0.3) is 0 Å². The third-order valence-electron chi connectivity index (χ3n) is 5.01. The first kappa shape index (κ1) is 18.8. The first-order valence-corrected chi connectivity index (χ1v) is 9.41. The van der Waals surface area contributed by atoms with Crippen LogP contribution in [-0.4, -0.2) is 26.3 Å². The summed E-state index contributed by atoms with van der Waals surface area (Å²) < 4.78 is 16.3. The SMILES string of the molecule is COc1cccc(-c2nc(-c3ccc(OC)c(OC)c3)cc3cc(C)ccc23)c1. The lowest BCUT2D eigenvalue weighted by atomic mass is 9.99. The molecular weight excluding hydrogens is 362 g/mol. The Bertz CT molecular complexity index is 1180. The number of ether oxygens (including phenoxy) is 3. The summed E-state index contributed by atoms with van der Waals surface area (Å²) in [5.41, 5.74) is 4.99. The molecule has 146 valence electrons. The van der Waals surface area contributed by atoms with E-state index in [9.17, 15) is 0 Å². The van der Waals surface area contributed by atoms with Crippen molar-refractivity contribution in [3.8, 4) is 39.8 Å². The Morgan fingerprint density at radius 1 is 0.690 bits per heavy atom. The van der Waals surface area contributed by atoms with Crippen LogP contribution in [-0.2, 0) is 0 Å². The van der Waals surface area contributed by atoms with E-state index in [1.165, 1.54) is 5.56 Å². The van der Waals surface area contributed by atoms with E-state index in [1.54, 1.807) is 21.3 Å². The molecule has 4 aromatic rings. The largest absolute Gasteiger partial charge is 0.497 e. The molecule has 4 nitrogen and oxygen atoms in total. The predicted octanol–water partition coefficient (Wildman–Crippen LogP) is 5.90. The Hall–Kier alpha value is -3.53. The fourth-order valence-corrected chi connectivity index (χ4v) is 3.51. The van der Waals surface area contributed by atoms with Gasteiger partial charge in [-0.15, -0.1) is 0 Å². The van der Waals surface area contributed by atoms with E-state index in [0.717, 1.165) is 39.0 Å². The molecule has 4 rings (SSSR count). The summed E-state index contributed by atoms with van der Waals surface area (Å²) in [6.45, 7) is 2.10. The summed E-state index contributed by atoms with van der Waals surface area (Å²) in [5.74, 6) is 2.18. The Morgan fingerprint density at radius 3 is 2.28 bits per heavy atom. The second kappa shape index (κ2) is 7.84. The maximum atomic E-state index is 5.48. The summed E-state index contributed by atoms with van der Waals surface area (Å²) in [4.78, 5) is 5.03. The Balaban J connectivity index is 1.96. The van der Waals surface area contributed by atoms with Gasteiger partial charge in [0.15, 0.2) is 11.5 Å². The molecule has 0 bridgehead atoms. The molecule has 0 unspecified atom stereocenters. The molecule has 0 aliphatic carbocycles. The smallest absolute Gasteiger partial charge is 0.161 e. The lowest BCUT2D eigenvalue weighted by molar-refractivity contribution is 0.355. The number of hydrogen-bond acceptors (Lipinski definition) is 4. The van der Waals surface area contributed by atoms with Crippen LogP contribution >= 0.6 is 0 Å². The lowest BCUT2D eigenvalue weighted by Crippen LogP contribution is -1.94. The van der Waals surface area contributed by atoms with E-state index in [2.05, 4.69) is 37.3 Å². The van der Waals surface area contributed by atoms with Crippen LogP contribution in [0.15, 0.2) is 66.7 Å². The Morgan fingerprint density at radius 2 is 1.52 bits per heavy atom. The molecule has 1 heterocycles.